The number of nitrogen functional groups attached to an aromatic ring is 1. The van der Waals surface area contributed by atoms with Crippen molar-refractivity contribution in [2.45, 2.75) is 31.6 Å². The second-order valence-corrected chi connectivity index (χ2v) is 20.7. The molecule has 106 heavy (non-hydrogen) atoms. The topological polar surface area (TPSA) is 468 Å². The fourth-order valence-corrected chi connectivity index (χ4v) is 8.04. The lowest BCUT2D eigenvalue weighted by molar-refractivity contribution is -0.179. The lowest BCUT2D eigenvalue weighted by atomic mass is 10.2. The van der Waals surface area contributed by atoms with Gasteiger partial charge in [-0.05, 0) is 56.6 Å². The van der Waals surface area contributed by atoms with Crippen molar-refractivity contribution in [2.24, 2.45) is 0 Å². The van der Waals surface area contributed by atoms with Crippen LogP contribution in [0.15, 0.2) is 116 Å². The number of hydrogen-bond acceptors (Lipinski definition) is 34. The van der Waals surface area contributed by atoms with Gasteiger partial charge in [0.05, 0.1) is 28.4 Å². The van der Waals surface area contributed by atoms with Gasteiger partial charge >= 0.3 is 18.2 Å². The summed E-state index contributed by atoms with van der Waals surface area (Å²) in [5.74, 6) is 2.06. The average Bonchev–Trinajstić information content (AvgIpc) is 0.846. The fraction of sp³-hybridized carbons (Fsp3) is 0.364. The number of hydrogen-bond donors (Lipinski definition) is 5. The number of carbonyl (C=O) groups excluding carboxylic acids is 4. The van der Waals surface area contributed by atoms with E-state index in [0.717, 1.165) is 4.90 Å². The van der Waals surface area contributed by atoms with Crippen LogP contribution in [0, 0.1) is 22.7 Å². The number of benzene rings is 1. The van der Waals surface area contributed by atoms with Crippen LogP contribution >= 0.6 is 11.6 Å². The van der Waals surface area contributed by atoms with Crippen LogP contribution in [0.3, 0.4) is 0 Å². The first kappa shape index (κ1) is 88.8. The molecule has 1 aromatic carbocycles. The van der Waals surface area contributed by atoms with E-state index in [0.29, 0.717) is 65.2 Å². The predicted octanol–water partition coefficient (Wildman–Crippen LogP) is 7.33. The largest absolute Gasteiger partial charge is 0.421 e. The molecule has 0 spiro atoms. The molecule has 8 aromatic rings. The molecule has 568 valence electrons. The molecule has 0 aliphatic rings. The van der Waals surface area contributed by atoms with Crippen molar-refractivity contribution in [1.82, 2.24) is 64.7 Å². The first-order valence-electron chi connectivity index (χ1n) is 30.8. The third kappa shape index (κ3) is 29.7. The molecule has 5 amide bonds. The summed E-state index contributed by atoms with van der Waals surface area (Å²) in [5, 5.41) is 29.2. The average molecular weight is 1490 g/mol. The number of amides is 5. The summed E-state index contributed by atoms with van der Waals surface area (Å²) in [4.78, 5) is 101. The van der Waals surface area contributed by atoms with Crippen molar-refractivity contribution in [2.75, 3.05) is 175 Å². The van der Waals surface area contributed by atoms with E-state index in [4.69, 9.17) is 84.7 Å². The number of nitrogens with zero attached hydrogens (tertiary/aromatic N) is 18. The van der Waals surface area contributed by atoms with Crippen LogP contribution in [-0.4, -0.2) is 229 Å². The third-order valence-corrected chi connectivity index (χ3v) is 13.3. The Balaban J connectivity index is 0.000000343. The maximum Gasteiger partial charge on any atom is 0.421 e. The number of methoxy groups -OCH3 is 11. The highest BCUT2D eigenvalue weighted by Gasteiger charge is 2.22. The molecule has 0 fully saturated rings. The second-order valence-electron chi connectivity index (χ2n) is 20.3. The summed E-state index contributed by atoms with van der Waals surface area (Å²) in [6.07, 6.45) is 7.79. The van der Waals surface area contributed by atoms with Crippen LogP contribution in [0.2, 0.25) is 5.02 Å². The number of halogens is 1. The normalized spacial score (nSPS) is 10.4. The Morgan fingerprint density at radius 1 is 0.538 bits per heavy atom. The molecular formula is C66H86ClN23O16. The zero-order valence-corrected chi connectivity index (χ0v) is 62.1. The van der Waals surface area contributed by atoms with Crippen molar-refractivity contribution >= 4 is 83.1 Å². The molecule has 39 nitrogen and oxygen atoms in total. The van der Waals surface area contributed by atoms with Crippen LogP contribution in [0.4, 0.5) is 61.4 Å². The van der Waals surface area contributed by atoms with Gasteiger partial charge in [0.15, 0.2) is 6.29 Å². The number of rotatable bonds is 27. The Kier molecular flexibility index (Phi) is 41.3. The first-order valence-corrected chi connectivity index (χ1v) is 31.2. The molecule has 0 saturated carbocycles. The molecule has 0 bridgehead atoms. The minimum Gasteiger partial charge on any atom is -0.410 e. The number of para-hydroxylation sites is 1. The maximum absolute atomic E-state index is 12.3. The van der Waals surface area contributed by atoms with Gasteiger partial charge < -0.3 is 73.2 Å². The zero-order chi connectivity index (χ0) is 78.5. The Morgan fingerprint density at radius 3 is 1.40 bits per heavy atom. The number of ether oxygens (including phenoxy) is 12. The number of nitrogens with one attached hydrogen (secondary N) is 4. The molecule has 0 aliphatic heterocycles. The standard InChI is InChI=1S/C16H17N7O3.C15H15ClN6O3.C15H17N3O4.C8H13N3O2.C7H11N3O2.C5H13NO2/c1-23(15-19-4-3-12(10-24)21-15)16(25)22-14-7-13(18-5-6-26-2)11(8-17)9-20-14;1-22(14-18-5-4-11(20-14)13(24-2)25-3)15(23)21-12-6-10(16)9(7-17)8-19-12;1-18(15(19)22-11-7-5-4-6-8-11)14-16-10-9-12(17-14)13(20-2)21-3;1-9-8-10-5-4-6(11-8)7(12-2)13-3;1-11-6(12-2)5-3-4-9-7(8)10-5;1-6(2)5(7-3)8-4/h3-4,7,9-10H,5-6H2,1-2H3,(H2,18,20,22,25);4-6,8,13H,1-3H3,(H,19,21,23);4-10,13H,1-3H3;4-5,7H,1-3H3,(H,9,10,11);3-4,6H,1-2H3,(H2,8,9,10);5H,1-4H3. The molecule has 0 unspecified atom stereocenters. The van der Waals surface area contributed by atoms with E-state index in [2.05, 4.69) is 81.1 Å². The smallest absolute Gasteiger partial charge is 0.410 e. The summed E-state index contributed by atoms with van der Waals surface area (Å²) in [5.41, 5.74) is 8.91. The van der Waals surface area contributed by atoms with E-state index in [1.807, 2.05) is 37.2 Å². The van der Waals surface area contributed by atoms with E-state index < -0.39 is 43.3 Å². The summed E-state index contributed by atoms with van der Waals surface area (Å²) in [7, 11) is 27.0. The number of aromatic nitrogens is 12. The number of nitrogens with two attached hydrogens (primary N) is 1. The van der Waals surface area contributed by atoms with Crippen LogP contribution in [0.25, 0.3) is 0 Å². The van der Waals surface area contributed by atoms with Gasteiger partial charge in [0.2, 0.25) is 61.3 Å². The molecule has 0 atom stereocenters. The number of anilines is 8. The first-order chi connectivity index (χ1) is 51.0. The van der Waals surface area contributed by atoms with Gasteiger partial charge in [-0.1, -0.05) is 29.8 Å². The number of aldehydes is 1. The predicted molar refractivity (Wildman–Crippen MR) is 387 cm³/mol. The monoisotopic (exact) mass is 1490 g/mol. The number of carbonyl (C=O) groups is 4. The van der Waals surface area contributed by atoms with Crippen LogP contribution in [0.1, 0.15) is 69.6 Å². The zero-order valence-electron chi connectivity index (χ0n) is 61.4. The van der Waals surface area contributed by atoms with E-state index >= 15 is 0 Å². The van der Waals surface area contributed by atoms with Gasteiger partial charge in [0.25, 0.3) is 0 Å². The fourth-order valence-electron chi connectivity index (χ4n) is 7.85. The van der Waals surface area contributed by atoms with Crippen molar-refractivity contribution in [3.8, 4) is 17.9 Å². The molecule has 0 saturated heterocycles. The number of pyridine rings is 2. The van der Waals surface area contributed by atoms with Gasteiger partial charge in [-0.2, -0.15) is 10.5 Å². The molecule has 0 radical (unpaired) electrons. The second kappa shape index (κ2) is 49.3. The third-order valence-electron chi connectivity index (χ3n) is 13.0. The quantitative estimate of drug-likeness (QED) is 0.0191. The number of urea groups is 2. The Bertz CT molecular complexity index is 4020. The summed E-state index contributed by atoms with van der Waals surface area (Å²) in [6, 6.07) is 22.7. The van der Waals surface area contributed by atoms with Crippen molar-refractivity contribution < 1.29 is 76.0 Å². The van der Waals surface area contributed by atoms with Crippen LogP contribution in [0.5, 0.6) is 5.75 Å². The highest BCUT2D eigenvalue weighted by molar-refractivity contribution is 6.32. The molecular weight excluding hydrogens is 1410 g/mol. The Hall–Kier alpha value is -11.4. The van der Waals surface area contributed by atoms with E-state index in [9.17, 15) is 19.2 Å². The molecule has 7 heterocycles. The highest BCUT2D eigenvalue weighted by Crippen LogP contribution is 2.23. The van der Waals surface area contributed by atoms with E-state index in [-0.39, 0.29) is 58.1 Å². The number of nitriles is 2. The van der Waals surface area contributed by atoms with Crippen LogP contribution in [-0.2, 0) is 52.1 Å². The Morgan fingerprint density at radius 2 is 0.972 bits per heavy atom. The van der Waals surface area contributed by atoms with E-state index in [1.54, 1.807) is 110 Å². The SMILES string of the molecule is CNc1nccc(C(OC)OC)n1.COC(OC)N(C)C.COC(OC)c1ccnc(N(C)C(=O)Nc2cc(Cl)c(C#N)cn2)n1.COC(OC)c1ccnc(N(C)C(=O)Oc2ccccc2)n1.COC(OC)c1ccnc(N)n1.COCCNc1cc(NC(=O)N(C)c2nccc(C=O)n2)ncc1C#N. The highest BCUT2D eigenvalue weighted by atomic mass is 35.5. The molecule has 8 rings (SSSR count). The molecule has 40 heteroatoms. The van der Waals surface area contributed by atoms with Crippen LogP contribution < -0.4 is 46.4 Å². The molecule has 0 aliphatic carbocycles. The lowest BCUT2D eigenvalue weighted by Crippen LogP contribution is -2.33. The Labute approximate surface area is 617 Å². The van der Waals surface area contributed by atoms with Crippen molar-refractivity contribution in [1.29, 1.82) is 10.5 Å². The van der Waals surface area contributed by atoms with Crippen molar-refractivity contribution in [3.05, 3.63) is 161 Å². The summed E-state index contributed by atoms with van der Waals surface area (Å²) < 4.78 is 60.5. The van der Waals surface area contributed by atoms with Gasteiger partial charge in [0, 0.05) is 168 Å². The molecule has 7 aromatic heterocycles. The maximum atomic E-state index is 12.3. The summed E-state index contributed by atoms with van der Waals surface area (Å²) in [6.45, 7) is 0.955. The van der Waals surface area contributed by atoms with Gasteiger partial charge in [-0.3, -0.25) is 30.1 Å². The summed E-state index contributed by atoms with van der Waals surface area (Å²) >= 11 is 5.92. The lowest BCUT2D eigenvalue weighted by Gasteiger charge is -2.19. The van der Waals surface area contributed by atoms with Crippen molar-refractivity contribution in [3.63, 3.8) is 0 Å². The minimum atomic E-state index is -0.669. The van der Waals surface area contributed by atoms with Gasteiger partial charge in [0.1, 0.15) is 58.0 Å². The minimum absolute atomic E-state index is 0.0687. The van der Waals surface area contributed by atoms with Gasteiger partial charge in [-0.25, -0.2) is 79.1 Å². The van der Waals surface area contributed by atoms with E-state index in [1.165, 1.54) is 117 Å². The molecule has 6 N–H and O–H groups in total. The van der Waals surface area contributed by atoms with Gasteiger partial charge in [-0.15, -0.1) is 0 Å².